The van der Waals surface area contributed by atoms with E-state index >= 15 is 0 Å². The highest BCUT2D eigenvalue weighted by Crippen LogP contribution is 2.44. The number of aryl methyl sites for hydroxylation is 1. The fourth-order valence-electron chi connectivity index (χ4n) is 4.66. The molecule has 0 unspecified atom stereocenters. The van der Waals surface area contributed by atoms with Crippen LogP contribution in [0.2, 0.25) is 0 Å². The normalized spacial score (nSPS) is 13.4. The minimum Gasteiger partial charge on any atom is -0.481 e. The van der Waals surface area contributed by atoms with Crippen molar-refractivity contribution in [1.82, 2.24) is 4.98 Å². The van der Waals surface area contributed by atoms with Crippen LogP contribution < -0.4 is 0 Å². The summed E-state index contributed by atoms with van der Waals surface area (Å²) in [6.45, 7) is 2.22. The smallest absolute Gasteiger partial charge is 0.307 e. The quantitative estimate of drug-likeness (QED) is 0.359. The largest absolute Gasteiger partial charge is 0.481 e. The lowest BCUT2D eigenvalue weighted by Crippen LogP contribution is -2.23. The Labute approximate surface area is 197 Å². The Hall–Kier alpha value is -3.93. The number of benzene rings is 3. The third kappa shape index (κ3) is 4.19. The lowest BCUT2D eigenvalue weighted by atomic mass is 9.98. The molecule has 6 heteroatoms. The summed E-state index contributed by atoms with van der Waals surface area (Å²) in [5.41, 5.74) is 6.93. The first kappa shape index (κ1) is 21.9. The SMILES string of the molecule is CCc1ccc2nc(C[C@H](CC(=O)OCC3c4ccccc4-c4ccccc43)C(=O)O)oc2c1. The number of rotatable bonds is 8. The Bertz CT molecular complexity index is 1330. The van der Waals surface area contributed by atoms with Crippen LogP contribution in [0.25, 0.3) is 22.2 Å². The van der Waals surface area contributed by atoms with Crippen LogP contribution in [-0.2, 0) is 27.2 Å². The molecule has 0 aliphatic heterocycles. The Morgan fingerprint density at radius 1 is 1.03 bits per heavy atom. The van der Waals surface area contributed by atoms with Gasteiger partial charge in [0.2, 0.25) is 0 Å². The van der Waals surface area contributed by atoms with Crippen LogP contribution in [0.5, 0.6) is 0 Å². The summed E-state index contributed by atoms with van der Waals surface area (Å²) in [5, 5.41) is 9.70. The molecule has 1 heterocycles. The van der Waals surface area contributed by atoms with Gasteiger partial charge in [-0.2, -0.15) is 0 Å². The third-order valence-corrected chi connectivity index (χ3v) is 6.46. The average Bonchev–Trinajstić information content (AvgIpc) is 3.40. The molecule has 1 atom stereocenters. The number of aromatic nitrogens is 1. The average molecular weight is 456 g/mol. The number of carbonyl (C=O) groups excluding carboxylic acids is 1. The van der Waals surface area contributed by atoms with Crippen LogP contribution in [0.4, 0.5) is 0 Å². The van der Waals surface area contributed by atoms with Gasteiger partial charge in [-0.05, 0) is 46.4 Å². The summed E-state index contributed by atoms with van der Waals surface area (Å²) >= 11 is 0. The summed E-state index contributed by atoms with van der Waals surface area (Å²) in [6, 6.07) is 21.9. The first-order chi connectivity index (χ1) is 16.5. The number of oxazole rings is 1. The van der Waals surface area contributed by atoms with Gasteiger partial charge in [0.15, 0.2) is 11.5 Å². The summed E-state index contributed by atoms with van der Waals surface area (Å²) in [5.74, 6) is -2.36. The number of carbonyl (C=O) groups is 2. The fourth-order valence-corrected chi connectivity index (χ4v) is 4.66. The van der Waals surface area contributed by atoms with Crippen molar-refractivity contribution in [2.24, 2.45) is 5.92 Å². The van der Waals surface area contributed by atoms with Crippen molar-refractivity contribution in [3.05, 3.63) is 89.3 Å². The molecule has 0 bridgehead atoms. The molecule has 1 N–H and O–H groups in total. The molecule has 1 aliphatic rings. The number of hydrogen-bond donors (Lipinski definition) is 1. The van der Waals surface area contributed by atoms with E-state index in [1.54, 1.807) is 0 Å². The predicted octanol–water partition coefficient (Wildman–Crippen LogP) is 5.38. The molecular weight excluding hydrogens is 430 g/mol. The van der Waals surface area contributed by atoms with Crippen molar-refractivity contribution in [2.75, 3.05) is 6.61 Å². The summed E-state index contributed by atoms with van der Waals surface area (Å²) < 4.78 is 11.4. The molecule has 0 fully saturated rings. The van der Waals surface area contributed by atoms with E-state index in [9.17, 15) is 14.7 Å². The predicted molar refractivity (Wildman–Crippen MR) is 128 cm³/mol. The molecule has 0 radical (unpaired) electrons. The maximum atomic E-state index is 12.6. The molecule has 0 spiro atoms. The second-order valence-electron chi connectivity index (χ2n) is 8.62. The van der Waals surface area contributed by atoms with Crippen LogP contribution in [0.3, 0.4) is 0 Å². The lowest BCUT2D eigenvalue weighted by molar-refractivity contribution is -0.151. The van der Waals surface area contributed by atoms with Crippen LogP contribution in [0.15, 0.2) is 71.1 Å². The number of carboxylic acid groups (broad SMARTS) is 1. The van der Waals surface area contributed by atoms with Crippen LogP contribution >= 0.6 is 0 Å². The molecule has 34 heavy (non-hydrogen) atoms. The van der Waals surface area contributed by atoms with Gasteiger partial charge in [-0.15, -0.1) is 0 Å². The zero-order valence-corrected chi connectivity index (χ0v) is 18.9. The molecule has 3 aromatic carbocycles. The fraction of sp³-hybridized carbons (Fsp3) is 0.250. The number of esters is 1. The maximum Gasteiger partial charge on any atom is 0.307 e. The van der Waals surface area contributed by atoms with Gasteiger partial charge >= 0.3 is 11.9 Å². The lowest BCUT2D eigenvalue weighted by Gasteiger charge is -2.15. The summed E-state index contributed by atoms with van der Waals surface area (Å²) in [7, 11) is 0. The van der Waals surface area contributed by atoms with Crippen molar-refractivity contribution in [3.63, 3.8) is 0 Å². The van der Waals surface area contributed by atoms with Crippen molar-refractivity contribution >= 4 is 23.0 Å². The highest BCUT2D eigenvalue weighted by molar-refractivity contribution is 5.81. The molecule has 0 saturated heterocycles. The van der Waals surface area contributed by atoms with E-state index in [2.05, 4.69) is 17.1 Å². The van der Waals surface area contributed by atoms with E-state index in [0.29, 0.717) is 17.0 Å². The van der Waals surface area contributed by atoms with Crippen LogP contribution in [0, 0.1) is 5.92 Å². The second kappa shape index (κ2) is 9.14. The molecule has 0 saturated carbocycles. The third-order valence-electron chi connectivity index (χ3n) is 6.46. The molecule has 1 aliphatic carbocycles. The van der Waals surface area contributed by atoms with Crippen molar-refractivity contribution in [2.45, 2.75) is 32.1 Å². The zero-order chi connectivity index (χ0) is 23.7. The Balaban J connectivity index is 1.26. The van der Waals surface area contributed by atoms with E-state index in [-0.39, 0.29) is 25.4 Å². The minimum absolute atomic E-state index is 0.0235. The first-order valence-corrected chi connectivity index (χ1v) is 11.5. The number of fused-ring (bicyclic) bond motifs is 4. The maximum absolute atomic E-state index is 12.6. The van der Waals surface area contributed by atoms with Crippen molar-refractivity contribution < 1.29 is 23.8 Å². The van der Waals surface area contributed by atoms with Gasteiger partial charge in [0.05, 0.1) is 12.3 Å². The topological polar surface area (TPSA) is 89.6 Å². The molecule has 1 aromatic heterocycles. The van der Waals surface area contributed by atoms with E-state index in [1.165, 1.54) is 0 Å². The van der Waals surface area contributed by atoms with Crippen molar-refractivity contribution in [1.29, 1.82) is 0 Å². The standard InChI is InChI=1S/C28H25NO5/c1-2-17-11-12-24-25(13-17)34-26(29-24)14-18(28(31)32)15-27(30)33-16-23-21-9-5-3-7-19(21)20-8-4-6-10-22(20)23/h3-13,18,23H,2,14-16H2,1H3,(H,31,32)/t18-/m1/s1. The highest BCUT2D eigenvalue weighted by Gasteiger charge is 2.30. The first-order valence-electron chi connectivity index (χ1n) is 11.5. The van der Waals surface area contributed by atoms with Crippen LogP contribution in [-0.4, -0.2) is 28.6 Å². The van der Waals surface area contributed by atoms with Gasteiger partial charge in [0.25, 0.3) is 0 Å². The number of nitrogens with zero attached hydrogens (tertiary/aromatic N) is 1. The van der Waals surface area contributed by atoms with E-state index in [0.717, 1.165) is 34.2 Å². The monoisotopic (exact) mass is 455 g/mol. The summed E-state index contributed by atoms with van der Waals surface area (Å²) in [4.78, 5) is 28.9. The molecule has 6 nitrogen and oxygen atoms in total. The number of ether oxygens (including phenoxy) is 1. The van der Waals surface area contributed by atoms with Gasteiger partial charge in [0.1, 0.15) is 12.1 Å². The zero-order valence-electron chi connectivity index (χ0n) is 18.9. The Morgan fingerprint density at radius 3 is 2.35 bits per heavy atom. The number of hydrogen-bond acceptors (Lipinski definition) is 5. The van der Waals surface area contributed by atoms with Crippen LogP contribution in [0.1, 0.15) is 41.8 Å². The minimum atomic E-state index is -1.08. The van der Waals surface area contributed by atoms with Gasteiger partial charge in [0, 0.05) is 12.3 Å². The highest BCUT2D eigenvalue weighted by atomic mass is 16.5. The van der Waals surface area contributed by atoms with Gasteiger partial charge in [-0.1, -0.05) is 61.5 Å². The molecule has 0 amide bonds. The second-order valence-corrected chi connectivity index (χ2v) is 8.62. The summed E-state index contributed by atoms with van der Waals surface area (Å²) in [6.07, 6.45) is 0.644. The molecule has 4 aromatic rings. The van der Waals surface area contributed by atoms with Gasteiger partial charge in [-0.3, -0.25) is 9.59 Å². The Morgan fingerprint density at radius 2 is 1.71 bits per heavy atom. The van der Waals surface area contributed by atoms with E-state index < -0.39 is 17.9 Å². The molecule has 172 valence electrons. The Kier molecular flexibility index (Phi) is 5.88. The van der Waals surface area contributed by atoms with Gasteiger partial charge < -0.3 is 14.3 Å². The number of carboxylic acids is 1. The van der Waals surface area contributed by atoms with Crippen molar-refractivity contribution in [3.8, 4) is 11.1 Å². The van der Waals surface area contributed by atoms with Gasteiger partial charge in [-0.25, -0.2) is 4.98 Å². The van der Waals surface area contributed by atoms with E-state index in [4.69, 9.17) is 9.15 Å². The molecular formula is C28H25NO5. The number of aliphatic carboxylic acids is 1. The molecule has 5 rings (SSSR count). The van der Waals surface area contributed by atoms with E-state index in [1.807, 2.05) is 61.5 Å².